The van der Waals surface area contributed by atoms with Crippen molar-refractivity contribution in [3.05, 3.63) is 29.5 Å². The Morgan fingerprint density at radius 2 is 2.13 bits per heavy atom. The largest absolute Gasteiger partial charge is 0.496 e. The molecule has 80 valence electrons. The van der Waals surface area contributed by atoms with Crippen molar-refractivity contribution in [3.8, 4) is 5.75 Å². The van der Waals surface area contributed by atoms with Crippen molar-refractivity contribution in [3.63, 3.8) is 0 Å². The Morgan fingerprint density at radius 3 is 2.73 bits per heavy atom. The van der Waals surface area contributed by atoms with Crippen LogP contribution in [0.15, 0.2) is 18.2 Å². The summed E-state index contributed by atoms with van der Waals surface area (Å²) >= 11 is 0. The van der Waals surface area contributed by atoms with E-state index in [2.05, 4.69) is 23.6 Å². The third-order valence-electron chi connectivity index (χ3n) is 2.89. The van der Waals surface area contributed by atoms with E-state index in [1.807, 2.05) is 13.1 Å². The van der Waals surface area contributed by atoms with Gasteiger partial charge in [0.25, 0.3) is 0 Å². The second kappa shape index (κ2) is 3.59. The number of nitrogens with zero attached hydrogens (tertiary/aromatic N) is 1. The Kier molecular flexibility index (Phi) is 2.40. The minimum absolute atomic E-state index is 0.549. The van der Waals surface area contributed by atoms with E-state index >= 15 is 0 Å². The molecule has 3 nitrogen and oxygen atoms in total. The molecule has 0 atom stereocenters. The lowest BCUT2D eigenvalue weighted by Crippen LogP contribution is -2.03. The molecule has 0 amide bonds. The van der Waals surface area contributed by atoms with Crippen LogP contribution in [0.1, 0.15) is 11.3 Å². The van der Waals surface area contributed by atoms with E-state index in [4.69, 9.17) is 10.5 Å². The molecule has 2 N–H and O–H groups in total. The van der Waals surface area contributed by atoms with Crippen LogP contribution in [0.4, 0.5) is 0 Å². The van der Waals surface area contributed by atoms with Gasteiger partial charge in [0, 0.05) is 24.7 Å². The highest BCUT2D eigenvalue weighted by Crippen LogP contribution is 2.30. The van der Waals surface area contributed by atoms with Crippen LogP contribution in [0, 0.1) is 6.92 Å². The minimum Gasteiger partial charge on any atom is -0.496 e. The summed E-state index contributed by atoms with van der Waals surface area (Å²) in [5, 5.41) is 1.14. The summed E-state index contributed by atoms with van der Waals surface area (Å²) in [6.07, 6.45) is 0. The molecule has 0 spiro atoms. The normalized spacial score (nSPS) is 10.9. The Balaban J connectivity index is 2.85. The van der Waals surface area contributed by atoms with E-state index in [0.29, 0.717) is 6.54 Å². The van der Waals surface area contributed by atoms with Gasteiger partial charge in [0.2, 0.25) is 0 Å². The summed E-state index contributed by atoms with van der Waals surface area (Å²) in [6.45, 7) is 2.65. The zero-order valence-electron chi connectivity index (χ0n) is 9.37. The van der Waals surface area contributed by atoms with E-state index in [-0.39, 0.29) is 0 Å². The molecule has 2 aromatic rings. The number of aryl methyl sites for hydroxylation is 2. The molecule has 1 heterocycles. The van der Waals surface area contributed by atoms with E-state index < -0.39 is 0 Å². The van der Waals surface area contributed by atoms with Gasteiger partial charge in [-0.3, -0.25) is 0 Å². The summed E-state index contributed by atoms with van der Waals surface area (Å²) in [5.41, 5.74) is 9.26. The van der Waals surface area contributed by atoms with Crippen LogP contribution < -0.4 is 10.5 Å². The van der Waals surface area contributed by atoms with Crippen molar-refractivity contribution in [2.45, 2.75) is 13.5 Å². The van der Waals surface area contributed by atoms with Gasteiger partial charge in [-0.2, -0.15) is 0 Å². The minimum atomic E-state index is 0.549. The number of benzene rings is 1. The molecule has 0 fully saturated rings. The first kappa shape index (κ1) is 10.1. The molecule has 0 bridgehead atoms. The molecule has 1 aromatic carbocycles. The fourth-order valence-corrected chi connectivity index (χ4v) is 2.06. The molecule has 0 aliphatic heterocycles. The maximum atomic E-state index is 5.69. The summed E-state index contributed by atoms with van der Waals surface area (Å²) in [5.74, 6) is 0.908. The van der Waals surface area contributed by atoms with Crippen LogP contribution in [0.25, 0.3) is 10.9 Å². The maximum absolute atomic E-state index is 5.69. The molecule has 0 aliphatic carbocycles. The third kappa shape index (κ3) is 1.39. The number of hydrogen-bond acceptors (Lipinski definition) is 2. The fraction of sp³-hybridized carbons (Fsp3) is 0.333. The van der Waals surface area contributed by atoms with E-state index in [1.54, 1.807) is 7.11 Å². The monoisotopic (exact) mass is 204 g/mol. The molecule has 0 aliphatic rings. The first-order valence-electron chi connectivity index (χ1n) is 5.01. The first-order chi connectivity index (χ1) is 7.19. The summed E-state index contributed by atoms with van der Waals surface area (Å²) in [4.78, 5) is 0. The summed E-state index contributed by atoms with van der Waals surface area (Å²) in [6, 6.07) is 6.17. The SMILES string of the molecule is COc1ccc(C)c2c1cc(CN)n2C. The van der Waals surface area contributed by atoms with Crippen molar-refractivity contribution in [2.75, 3.05) is 7.11 Å². The predicted molar refractivity (Wildman–Crippen MR) is 62.1 cm³/mol. The van der Waals surface area contributed by atoms with Crippen molar-refractivity contribution in [1.82, 2.24) is 4.57 Å². The van der Waals surface area contributed by atoms with Crippen molar-refractivity contribution >= 4 is 10.9 Å². The van der Waals surface area contributed by atoms with Gasteiger partial charge in [-0.1, -0.05) is 6.07 Å². The fourth-order valence-electron chi connectivity index (χ4n) is 2.06. The molecular formula is C12H16N2O. The average molecular weight is 204 g/mol. The number of rotatable bonds is 2. The average Bonchev–Trinajstić information content (AvgIpc) is 2.57. The molecule has 2 rings (SSSR count). The topological polar surface area (TPSA) is 40.2 Å². The summed E-state index contributed by atoms with van der Waals surface area (Å²) in [7, 11) is 3.73. The Hall–Kier alpha value is -1.48. The van der Waals surface area contributed by atoms with Gasteiger partial charge >= 0.3 is 0 Å². The van der Waals surface area contributed by atoms with Gasteiger partial charge in [0.05, 0.1) is 12.6 Å². The molecule has 0 unspecified atom stereocenters. The highest BCUT2D eigenvalue weighted by molar-refractivity contribution is 5.90. The first-order valence-corrected chi connectivity index (χ1v) is 5.01. The van der Waals surface area contributed by atoms with Gasteiger partial charge in [-0.05, 0) is 24.6 Å². The quantitative estimate of drug-likeness (QED) is 0.812. The third-order valence-corrected chi connectivity index (χ3v) is 2.89. The van der Waals surface area contributed by atoms with Crippen LogP contribution in [0.3, 0.4) is 0 Å². The van der Waals surface area contributed by atoms with Gasteiger partial charge in [-0.25, -0.2) is 0 Å². The number of nitrogens with two attached hydrogens (primary N) is 1. The molecule has 0 radical (unpaired) electrons. The van der Waals surface area contributed by atoms with E-state index in [0.717, 1.165) is 16.8 Å². The molecule has 3 heteroatoms. The van der Waals surface area contributed by atoms with E-state index in [9.17, 15) is 0 Å². The molecular weight excluding hydrogens is 188 g/mol. The lowest BCUT2D eigenvalue weighted by molar-refractivity contribution is 0.420. The number of ether oxygens (including phenoxy) is 1. The molecule has 15 heavy (non-hydrogen) atoms. The maximum Gasteiger partial charge on any atom is 0.128 e. The van der Waals surface area contributed by atoms with E-state index in [1.165, 1.54) is 11.1 Å². The highest BCUT2D eigenvalue weighted by atomic mass is 16.5. The molecule has 0 saturated carbocycles. The number of hydrogen-bond donors (Lipinski definition) is 1. The van der Waals surface area contributed by atoms with Crippen LogP contribution in [0.2, 0.25) is 0 Å². The highest BCUT2D eigenvalue weighted by Gasteiger charge is 2.10. The van der Waals surface area contributed by atoms with Gasteiger partial charge in [-0.15, -0.1) is 0 Å². The lowest BCUT2D eigenvalue weighted by Gasteiger charge is -2.06. The molecule has 0 saturated heterocycles. The number of aromatic nitrogens is 1. The van der Waals surface area contributed by atoms with Crippen LogP contribution in [-0.4, -0.2) is 11.7 Å². The van der Waals surface area contributed by atoms with Crippen molar-refractivity contribution < 1.29 is 4.74 Å². The van der Waals surface area contributed by atoms with Crippen LogP contribution >= 0.6 is 0 Å². The van der Waals surface area contributed by atoms with Crippen molar-refractivity contribution in [2.24, 2.45) is 12.8 Å². The Morgan fingerprint density at radius 1 is 1.40 bits per heavy atom. The van der Waals surface area contributed by atoms with Crippen molar-refractivity contribution in [1.29, 1.82) is 0 Å². The Labute approximate surface area is 89.4 Å². The standard InChI is InChI=1S/C12H16N2O/c1-8-4-5-11(15-3)10-6-9(7-13)14(2)12(8)10/h4-6H,7,13H2,1-3H3. The van der Waals surface area contributed by atoms with Crippen LogP contribution in [0.5, 0.6) is 5.75 Å². The van der Waals surface area contributed by atoms with Gasteiger partial charge in [0.15, 0.2) is 0 Å². The number of fused-ring (bicyclic) bond motifs is 1. The second-order valence-corrected chi connectivity index (χ2v) is 3.75. The van der Waals surface area contributed by atoms with Crippen LogP contribution in [-0.2, 0) is 13.6 Å². The Bertz CT molecular complexity index is 500. The zero-order chi connectivity index (χ0) is 11.0. The summed E-state index contributed by atoms with van der Waals surface area (Å²) < 4.78 is 7.47. The number of methoxy groups -OCH3 is 1. The predicted octanol–water partition coefficient (Wildman–Crippen LogP) is 1.95. The second-order valence-electron chi connectivity index (χ2n) is 3.75. The van der Waals surface area contributed by atoms with Gasteiger partial charge < -0.3 is 15.0 Å². The molecule has 1 aromatic heterocycles. The lowest BCUT2D eigenvalue weighted by atomic mass is 10.1. The zero-order valence-corrected chi connectivity index (χ0v) is 9.37. The van der Waals surface area contributed by atoms with Gasteiger partial charge in [0.1, 0.15) is 5.75 Å². The smallest absolute Gasteiger partial charge is 0.128 e.